The highest BCUT2D eigenvalue weighted by Gasteiger charge is 2.49. The van der Waals surface area contributed by atoms with Gasteiger partial charge in [-0.1, -0.05) is 69.3 Å². The lowest BCUT2D eigenvalue weighted by atomic mass is 9.93. The fraction of sp³-hybridized carbons (Fsp3) is 0.579. The van der Waals surface area contributed by atoms with Gasteiger partial charge in [-0.15, -0.1) is 0 Å². The topological polar surface area (TPSA) is 114 Å². The Labute approximate surface area is 281 Å². The normalized spacial score (nSPS) is 18.0. The lowest BCUT2D eigenvalue weighted by Crippen LogP contribution is -2.56. The Hall–Kier alpha value is -3.88. The van der Waals surface area contributed by atoms with Gasteiger partial charge < -0.3 is 25.0 Å². The van der Waals surface area contributed by atoms with Crippen molar-refractivity contribution >= 4 is 23.9 Å². The van der Waals surface area contributed by atoms with Crippen molar-refractivity contribution in [3.8, 4) is 0 Å². The minimum atomic E-state index is -1.06. The first-order chi connectivity index (χ1) is 21.8. The molecular weight excluding hydrogens is 594 g/mol. The zero-order valence-corrected chi connectivity index (χ0v) is 30.1. The maximum atomic E-state index is 14.7. The summed E-state index contributed by atoms with van der Waals surface area (Å²) in [5.74, 6) is -1.20. The van der Waals surface area contributed by atoms with E-state index in [0.717, 1.165) is 16.7 Å². The number of esters is 1. The molecule has 0 aromatic heterocycles. The van der Waals surface area contributed by atoms with E-state index in [2.05, 4.69) is 10.6 Å². The van der Waals surface area contributed by atoms with E-state index in [1.165, 1.54) is 0 Å². The van der Waals surface area contributed by atoms with Crippen molar-refractivity contribution in [1.29, 1.82) is 0 Å². The van der Waals surface area contributed by atoms with Crippen molar-refractivity contribution < 1.29 is 28.7 Å². The molecule has 5 atom stereocenters. The van der Waals surface area contributed by atoms with Crippen LogP contribution in [0, 0.1) is 25.7 Å². The zero-order chi connectivity index (χ0) is 35.3. The van der Waals surface area contributed by atoms with Crippen LogP contribution < -0.4 is 10.6 Å². The molecule has 2 aromatic rings. The summed E-state index contributed by atoms with van der Waals surface area (Å²) in [6, 6.07) is 11.9. The van der Waals surface area contributed by atoms with Crippen molar-refractivity contribution in [3.63, 3.8) is 0 Å². The van der Waals surface area contributed by atoms with Crippen LogP contribution in [0.2, 0.25) is 0 Å². The van der Waals surface area contributed by atoms with Gasteiger partial charge in [0.15, 0.2) is 0 Å². The molecule has 2 aromatic carbocycles. The number of benzene rings is 2. The van der Waals surface area contributed by atoms with E-state index in [0.29, 0.717) is 18.4 Å². The molecule has 0 radical (unpaired) electrons. The smallest absolute Gasteiger partial charge is 0.408 e. The predicted molar refractivity (Wildman–Crippen MR) is 184 cm³/mol. The van der Waals surface area contributed by atoms with Crippen LogP contribution in [0.3, 0.4) is 0 Å². The van der Waals surface area contributed by atoms with Crippen molar-refractivity contribution in [3.05, 3.63) is 70.8 Å². The van der Waals surface area contributed by atoms with Gasteiger partial charge in [0.05, 0.1) is 0 Å². The van der Waals surface area contributed by atoms with Gasteiger partial charge in [-0.3, -0.25) is 9.59 Å². The molecule has 2 N–H and O–H groups in total. The maximum Gasteiger partial charge on any atom is 0.408 e. The number of hydrogen-bond acceptors (Lipinski definition) is 6. The van der Waals surface area contributed by atoms with Crippen LogP contribution in [0.1, 0.15) is 103 Å². The third-order valence-electron chi connectivity index (χ3n) is 8.13. The van der Waals surface area contributed by atoms with E-state index in [9.17, 15) is 19.2 Å². The first-order valence-electron chi connectivity index (χ1n) is 16.7. The molecule has 258 valence electrons. The number of hydrogen-bond donors (Lipinski definition) is 2. The summed E-state index contributed by atoms with van der Waals surface area (Å²) < 4.78 is 11.3. The number of alkyl carbamates (subject to hydrolysis) is 1. The number of aryl methyl sites for hydroxylation is 1. The summed E-state index contributed by atoms with van der Waals surface area (Å²) >= 11 is 0. The standard InChI is InChI=1S/C38H55N3O6/c1-23(2)20-29(40-36(45)47-38(9,10)11)34(43)41(31-21-25(31)4)32(28-19-15-16-24(3)26(28)5)33(42)39-30(35(44)46-37(6,7)8)22-27-17-13-12-14-18-27/h12-19,23,25,29-32H,20-22H2,1-11H3,(H,39,42)(H,40,45). The van der Waals surface area contributed by atoms with Crippen LogP contribution >= 0.6 is 0 Å². The van der Waals surface area contributed by atoms with Crippen molar-refractivity contribution in [1.82, 2.24) is 15.5 Å². The Bertz CT molecular complexity index is 1410. The van der Waals surface area contributed by atoms with Crippen molar-refractivity contribution in [2.24, 2.45) is 11.8 Å². The molecule has 1 aliphatic rings. The van der Waals surface area contributed by atoms with Crippen molar-refractivity contribution in [2.75, 3.05) is 0 Å². The SMILES string of the molecule is Cc1cccc(C(C(=O)NC(Cc2ccccc2)C(=O)OC(C)(C)C)N(C(=O)C(CC(C)C)NC(=O)OC(C)(C)C)C2CC2C)c1C. The second-order valence-corrected chi connectivity index (χ2v) is 15.3. The predicted octanol–water partition coefficient (Wildman–Crippen LogP) is 6.59. The summed E-state index contributed by atoms with van der Waals surface area (Å²) in [5.41, 5.74) is 1.83. The lowest BCUT2D eigenvalue weighted by molar-refractivity contribution is -0.159. The molecule has 1 aliphatic carbocycles. The van der Waals surface area contributed by atoms with Gasteiger partial charge in [0.25, 0.3) is 0 Å². The van der Waals surface area contributed by atoms with Crippen LogP contribution in [0.5, 0.6) is 0 Å². The summed E-state index contributed by atoms with van der Waals surface area (Å²) in [6.45, 7) is 20.5. The van der Waals surface area contributed by atoms with Crippen LogP contribution in [-0.2, 0) is 30.3 Å². The Kier molecular flexibility index (Phi) is 12.3. The molecule has 1 saturated carbocycles. The third-order valence-corrected chi connectivity index (χ3v) is 8.13. The van der Waals surface area contributed by atoms with E-state index < -0.39 is 47.3 Å². The molecule has 0 aliphatic heterocycles. The summed E-state index contributed by atoms with van der Waals surface area (Å²) in [6.07, 6.45) is 0.581. The number of nitrogens with zero attached hydrogens (tertiary/aromatic N) is 1. The first-order valence-corrected chi connectivity index (χ1v) is 16.7. The number of carbonyl (C=O) groups is 4. The second kappa shape index (κ2) is 15.3. The molecule has 3 amide bonds. The minimum Gasteiger partial charge on any atom is -0.458 e. The molecule has 0 bridgehead atoms. The summed E-state index contributed by atoms with van der Waals surface area (Å²) in [4.78, 5) is 57.6. The molecule has 3 rings (SSSR count). The summed E-state index contributed by atoms with van der Waals surface area (Å²) in [7, 11) is 0. The second-order valence-electron chi connectivity index (χ2n) is 15.3. The number of rotatable bonds is 12. The fourth-order valence-electron chi connectivity index (χ4n) is 5.65. The van der Waals surface area contributed by atoms with E-state index >= 15 is 0 Å². The molecule has 0 saturated heterocycles. The highest BCUT2D eigenvalue weighted by molar-refractivity contribution is 5.94. The molecule has 9 nitrogen and oxygen atoms in total. The van der Waals surface area contributed by atoms with E-state index in [1.54, 1.807) is 46.4 Å². The molecule has 5 unspecified atom stereocenters. The summed E-state index contributed by atoms with van der Waals surface area (Å²) in [5, 5.41) is 5.81. The van der Waals surface area contributed by atoms with Gasteiger partial charge in [-0.25, -0.2) is 9.59 Å². The lowest BCUT2D eigenvalue weighted by Gasteiger charge is -2.37. The van der Waals surface area contributed by atoms with Crippen molar-refractivity contribution in [2.45, 2.75) is 131 Å². The fourth-order valence-corrected chi connectivity index (χ4v) is 5.65. The Morgan fingerprint density at radius 1 is 0.851 bits per heavy atom. The van der Waals surface area contributed by atoms with Gasteiger partial charge in [0.1, 0.15) is 29.3 Å². The van der Waals surface area contributed by atoms with Crippen LogP contribution in [0.25, 0.3) is 0 Å². The van der Waals surface area contributed by atoms with E-state index in [-0.39, 0.29) is 30.2 Å². The Morgan fingerprint density at radius 2 is 1.45 bits per heavy atom. The highest BCUT2D eigenvalue weighted by Crippen LogP contribution is 2.42. The quantitative estimate of drug-likeness (QED) is 0.251. The number of amides is 3. The zero-order valence-electron chi connectivity index (χ0n) is 30.1. The average molecular weight is 650 g/mol. The van der Waals surface area contributed by atoms with Gasteiger partial charge in [-0.05, 0) is 102 Å². The van der Waals surface area contributed by atoms with E-state index in [1.807, 2.05) is 83.1 Å². The Morgan fingerprint density at radius 3 is 1.98 bits per heavy atom. The number of ether oxygens (including phenoxy) is 2. The minimum absolute atomic E-state index is 0.0627. The van der Waals surface area contributed by atoms with Gasteiger partial charge >= 0.3 is 12.1 Å². The van der Waals surface area contributed by atoms with Gasteiger partial charge in [0.2, 0.25) is 11.8 Å². The molecular formula is C38H55N3O6. The Balaban J connectivity index is 2.11. The third kappa shape index (κ3) is 11.1. The molecule has 9 heteroatoms. The average Bonchev–Trinajstić information content (AvgIpc) is 3.66. The number of carbonyl (C=O) groups excluding carboxylic acids is 4. The largest absolute Gasteiger partial charge is 0.458 e. The molecule has 0 heterocycles. The number of nitrogens with one attached hydrogen (secondary N) is 2. The van der Waals surface area contributed by atoms with E-state index in [4.69, 9.17) is 9.47 Å². The van der Waals surface area contributed by atoms with Gasteiger partial charge in [-0.2, -0.15) is 0 Å². The molecule has 0 spiro atoms. The molecule has 47 heavy (non-hydrogen) atoms. The van der Waals surface area contributed by atoms with Crippen LogP contribution in [0.4, 0.5) is 4.79 Å². The van der Waals surface area contributed by atoms with Crippen LogP contribution in [0.15, 0.2) is 48.5 Å². The monoisotopic (exact) mass is 649 g/mol. The molecule has 1 fully saturated rings. The highest BCUT2D eigenvalue weighted by atomic mass is 16.6. The first kappa shape index (κ1) is 37.6. The van der Waals surface area contributed by atoms with Crippen LogP contribution in [-0.4, -0.2) is 58.1 Å². The van der Waals surface area contributed by atoms with Gasteiger partial charge in [0, 0.05) is 12.5 Å². The maximum absolute atomic E-state index is 14.7.